The van der Waals surface area contributed by atoms with Crippen molar-refractivity contribution in [2.75, 3.05) is 32.0 Å². The van der Waals surface area contributed by atoms with Crippen molar-refractivity contribution in [3.63, 3.8) is 0 Å². The first-order chi connectivity index (χ1) is 14.6. The fourth-order valence-corrected chi connectivity index (χ4v) is 5.11. The monoisotopic (exact) mass is 429 g/mol. The fraction of sp³-hybridized carbons (Fsp3) is 0.565. The van der Waals surface area contributed by atoms with E-state index in [1.54, 1.807) is 0 Å². The molecule has 0 bridgehead atoms. The van der Waals surface area contributed by atoms with Gasteiger partial charge in [-0.3, -0.25) is 9.59 Å². The molecule has 2 aliphatic heterocycles. The lowest BCUT2D eigenvalue weighted by atomic mass is 9.99. The minimum atomic E-state index is 0.0193. The third kappa shape index (κ3) is 5.19. The van der Waals surface area contributed by atoms with Crippen molar-refractivity contribution < 1.29 is 14.3 Å². The lowest BCUT2D eigenvalue weighted by molar-refractivity contribution is -0.133. The molecule has 2 aromatic rings. The second-order valence-electron chi connectivity index (χ2n) is 8.43. The summed E-state index contributed by atoms with van der Waals surface area (Å²) in [4.78, 5) is 28.1. The highest BCUT2D eigenvalue weighted by molar-refractivity contribution is 8.00. The maximum Gasteiger partial charge on any atom is 0.242 e. The fourth-order valence-electron chi connectivity index (χ4n) is 4.19. The predicted octanol–water partition coefficient (Wildman–Crippen LogP) is 3.29. The molecule has 0 spiro atoms. The Kier molecular flexibility index (Phi) is 7.00. The number of thioether (sulfide) groups is 1. The van der Waals surface area contributed by atoms with Gasteiger partial charge >= 0.3 is 0 Å². The molecule has 162 valence electrons. The molecule has 1 aromatic carbocycles. The topological polar surface area (TPSA) is 63.6 Å². The van der Waals surface area contributed by atoms with Crippen molar-refractivity contribution in [2.24, 2.45) is 5.92 Å². The van der Waals surface area contributed by atoms with Crippen molar-refractivity contribution in [1.29, 1.82) is 0 Å². The van der Waals surface area contributed by atoms with Crippen LogP contribution in [0.4, 0.5) is 0 Å². The van der Waals surface area contributed by atoms with Gasteiger partial charge in [-0.1, -0.05) is 25.1 Å². The van der Waals surface area contributed by atoms with E-state index in [-0.39, 0.29) is 17.9 Å². The Morgan fingerprint density at radius 1 is 1.20 bits per heavy atom. The van der Waals surface area contributed by atoms with Crippen molar-refractivity contribution in [1.82, 2.24) is 14.8 Å². The number of aromatic nitrogens is 1. The first-order valence-electron chi connectivity index (χ1n) is 11.0. The van der Waals surface area contributed by atoms with E-state index >= 15 is 0 Å². The normalized spacial score (nSPS) is 20.0. The average Bonchev–Trinajstić information content (AvgIpc) is 3.40. The van der Waals surface area contributed by atoms with Gasteiger partial charge in [0, 0.05) is 48.2 Å². The van der Waals surface area contributed by atoms with Gasteiger partial charge in [-0.2, -0.15) is 0 Å². The van der Waals surface area contributed by atoms with E-state index < -0.39 is 0 Å². The molecule has 0 saturated carbocycles. The quantitative estimate of drug-likeness (QED) is 0.686. The van der Waals surface area contributed by atoms with Gasteiger partial charge < -0.3 is 19.5 Å². The maximum absolute atomic E-state index is 12.8. The molecule has 1 aromatic heterocycles. The van der Waals surface area contributed by atoms with Gasteiger partial charge in [0.1, 0.15) is 6.54 Å². The number of ether oxygens (including phenoxy) is 1. The van der Waals surface area contributed by atoms with Crippen LogP contribution in [0, 0.1) is 5.92 Å². The molecular formula is C23H31N3O3S. The third-order valence-corrected chi connectivity index (χ3v) is 7.15. The second-order valence-corrected chi connectivity index (χ2v) is 9.45. The standard InChI is InChI=1S/C23H31N3O3S/c1-17-8-10-25(11-9-17)23(28)15-26-14-21(19-6-2-3-7-20(19)26)30-16-22(27)24-13-18-5-4-12-29-18/h2-3,6-7,14,17-18H,4-5,8-13,15-16H2,1H3,(H,24,27). The van der Waals surface area contributed by atoms with E-state index in [0.29, 0.717) is 24.8 Å². The Hall–Kier alpha value is -1.99. The van der Waals surface area contributed by atoms with Crippen LogP contribution >= 0.6 is 11.8 Å². The first kappa shape index (κ1) is 21.2. The van der Waals surface area contributed by atoms with Crippen LogP contribution in [0.2, 0.25) is 0 Å². The number of benzene rings is 1. The summed E-state index contributed by atoms with van der Waals surface area (Å²) in [6.45, 7) is 5.69. The largest absolute Gasteiger partial charge is 0.376 e. The number of hydrogen-bond donors (Lipinski definition) is 1. The molecule has 2 aliphatic rings. The lowest BCUT2D eigenvalue weighted by Crippen LogP contribution is -2.39. The summed E-state index contributed by atoms with van der Waals surface area (Å²) >= 11 is 1.53. The van der Waals surface area contributed by atoms with E-state index in [4.69, 9.17) is 4.74 Å². The Morgan fingerprint density at radius 3 is 2.77 bits per heavy atom. The summed E-state index contributed by atoms with van der Waals surface area (Å²) in [6, 6.07) is 8.10. The number of carbonyl (C=O) groups excluding carboxylic acids is 2. The maximum atomic E-state index is 12.8. The van der Waals surface area contributed by atoms with Crippen LogP contribution in [0.5, 0.6) is 0 Å². The molecule has 2 saturated heterocycles. The molecular weight excluding hydrogens is 398 g/mol. The molecule has 30 heavy (non-hydrogen) atoms. The van der Waals surface area contributed by atoms with Gasteiger partial charge in [-0.25, -0.2) is 0 Å². The second kappa shape index (κ2) is 9.88. The van der Waals surface area contributed by atoms with Crippen LogP contribution < -0.4 is 5.32 Å². The van der Waals surface area contributed by atoms with Crippen LogP contribution in [0.3, 0.4) is 0 Å². The highest BCUT2D eigenvalue weighted by Crippen LogP contribution is 2.30. The van der Waals surface area contributed by atoms with Crippen molar-refractivity contribution >= 4 is 34.5 Å². The summed E-state index contributed by atoms with van der Waals surface area (Å²) in [5.74, 6) is 1.26. The van der Waals surface area contributed by atoms with Crippen LogP contribution in [-0.2, 0) is 20.9 Å². The molecule has 3 heterocycles. The van der Waals surface area contributed by atoms with Gasteiger partial charge in [0.15, 0.2) is 0 Å². The van der Waals surface area contributed by atoms with Crippen molar-refractivity contribution in [3.8, 4) is 0 Å². The zero-order valence-electron chi connectivity index (χ0n) is 17.6. The Labute approximate surface area is 182 Å². The summed E-state index contributed by atoms with van der Waals surface area (Å²) < 4.78 is 7.59. The van der Waals surface area contributed by atoms with Crippen LogP contribution in [0.15, 0.2) is 35.4 Å². The molecule has 7 heteroatoms. The lowest BCUT2D eigenvalue weighted by Gasteiger charge is -2.30. The van der Waals surface area contributed by atoms with E-state index in [9.17, 15) is 9.59 Å². The molecule has 0 aliphatic carbocycles. The molecule has 6 nitrogen and oxygen atoms in total. The van der Waals surface area contributed by atoms with E-state index in [1.165, 1.54) is 11.8 Å². The zero-order valence-corrected chi connectivity index (χ0v) is 18.5. The predicted molar refractivity (Wildman–Crippen MR) is 120 cm³/mol. The smallest absolute Gasteiger partial charge is 0.242 e. The van der Waals surface area contributed by atoms with E-state index in [0.717, 1.165) is 61.2 Å². The SMILES string of the molecule is CC1CCN(C(=O)Cn2cc(SCC(=O)NCC3CCCO3)c3ccccc32)CC1. The number of nitrogens with zero attached hydrogens (tertiary/aromatic N) is 2. The molecule has 4 rings (SSSR count). The number of likely N-dealkylation sites (tertiary alicyclic amines) is 1. The van der Waals surface area contributed by atoms with Crippen LogP contribution in [0.1, 0.15) is 32.6 Å². The number of amides is 2. The summed E-state index contributed by atoms with van der Waals surface area (Å²) in [7, 11) is 0. The summed E-state index contributed by atoms with van der Waals surface area (Å²) in [6.07, 6.45) is 6.44. The number of hydrogen-bond acceptors (Lipinski definition) is 4. The third-order valence-electron chi connectivity index (χ3n) is 6.10. The molecule has 1 unspecified atom stereocenters. The number of nitrogens with one attached hydrogen (secondary N) is 1. The molecule has 0 radical (unpaired) electrons. The minimum absolute atomic E-state index is 0.0193. The van der Waals surface area contributed by atoms with E-state index in [2.05, 4.69) is 18.3 Å². The van der Waals surface area contributed by atoms with E-state index in [1.807, 2.05) is 33.9 Å². The Bertz CT molecular complexity index is 883. The van der Waals surface area contributed by atoms with Crippen LogP contribution in [-0.4, -0.2) is 59.4 Å². The van der Waals surface area contributed by atoms with Crippen LogP contribution in [0.25, 0.3) is 10.9 Å². The zero-order chi connectivity index (χ0) is 20.9. The number of fused-ring (bicyclic) bond motifs is 1. The summed E-state index contributed by atoms with van der Waals surface area (Å²) in [5.41, 5.74) is 1.04. The number of piperidine rings is 1. The van der Waals surface area contributed by atoms with Gasteiger partial charge in [0.2, 0.25) is 11.8 Å². The average molecular weight is 430 g/mol. The van der Waals surface area contributed by atoms with Gasteiger partial charge in [-0.15, -0.1) is 11.8 Å². The highest BCUT2D eigenvalue weighted by Gasteiger charge is 2.22. The molecule has 1 atom stereocenters. The summed E-state index contributed by atoms with van der Waals surface area (Å²) in [5, 5.41) is 4.07. The van der Waals surface area contributed by atoms with Gasteiger partial charge in [-0.05, 0) is 37.7 Å². The molecule has 2 fully saturated rings. The molecule has 2 amide bonds. The highest BCUT2D eigenvalue weighted by atomic mass is 32.2. The number of para-hydroxylation sites is 1. The Morgan fingerprint density at radius 2 is 2.00 bits per heavy atom. The number of carbonyl (C=O) groups is 2. The van der Waals surface area contributed by atoms with Gasteiger partial charge in [0.05, 0.1) is 11.9 Å². The van der Waals surface area contributed by atoms with Gasteiger partial charge in [0.25, 0.3) is 0 Å². The molecule has 1 N–H and O–H groups in total. The first-order valence-corrected chi connectivity index (χ1v) is 12.0. The minimum Gasteiger partial charge on any atom is -0.376 e. The Balaban J connectivity index is 1.38. The van der Waals surface area contributed by atoms with Crippen molar-refractivity contribution in [3.05, 3.63) is 30.5 Å². The van der Waals surface area contributed by atoms with Crippen molar-refractivity contribution in [2.45, 2.75) is 50.2 Å². The number of rotatable bonds is 7.